The second kappa shape index (κ2) is 10.5. The number of amides is 1. The first-order chi connectivity index (χ1) is 10.9. The monoisotopic (exact) mass is 378 g/mol. The molecule has 138 valence electrons. The SMILES string of the molecule is CCN(CC)S(=O)(=O)c1ccc(NC)c(NC(=O)CCCN)c1.Cl. The highest BCUT2D eigenvalue weighted by molar-refractivity contribution is 7.89. The van der Waals surface area contributed by atoms with Crippen LogP contribution in [-0.2, 0) is 14.8 Å². The number of halogens is 1. The Bertz CT molecular complexity index is 634. The summed E-state index contributed by atoms with van der Waals surface area (Å²) < 4.78 is 26.5. The van der Waals surface area contributed by atoms with Crippen molar-refractivity contribution >= 4 is 39.7 Å². The third-order valence-electron chi connectivity index (χ3n) is 3.49. The molecule has 1 aromatic rings. The van der Waals surface area contributed by atoms with E-state index in [1.165, 1.54) is 16.4 Å². The van der Waals surface area contributed by atoms with E-state index in [2.05, 4.69) is 10.6 Å². The maximum absolute atomic E-state index is 12.6. The number of nitrogens with two attached hydrogens (primary N) is 1. The molecule has 9 heteroatoms. The molecule has 0 radical (unpaired) electrons. The van der Waals surface area contributed by atoms with Gasteiger partial charge in [-0.2, -0.15) is 4.31 Å². The molecule has 1 amide bonds. The fraction of sp³-hybridized carbons (Fsp3) is 0.533. The number of nitrogens with zero attached hydrogens (tertiary/aromatic N) is 1. The van der Waals surface area contributed by atoms with Gasteiger partial charge < -0.3 is 16.4 Å². The van der Waals surface area contributed by atoms with E-state index in [-0.39, 0.29) is 23.2 Å². The van der Waals surface area contributed by atoms with Crippen molar-refractivity contribution in [3.8, 4) is 0 Å². The van der Waals surface area contributed by atoms with Crippen LogP contribution in [0.5, 0.6) is 0 Å². The minimum absolute atomic E-state index is 0. The third-order valence-corrected chi connectivity index (χ3v) is 5.53. The van der Waals surface area contributed by atoms with E-state index in [1.807, 2.05) is 0 Å². The molecule has 0 atom stereocenters. The molecule has 1 aromatic carbocycles. The van der Waals surface area contributed by atoms with Crippen LogP contribution in [0.25, 0.3) is 0 Å². The Morgan fingerprint density at radius 1 is 1.21 bits per heavy atom. The van der Waals surface area contributed by atoms with Crippen LogP contribution in [0.2, 0.25) is 0 Å². The molecule has 0 fully saturated rings. The van der Waals surface area contributed by atoms with E-state index in [1.54, 1.807) is 27.0 Å². The van der Waals surface area contributed by atoms with Gasteiger partial charge in [-0.05, 0) is 31.2 Å². The molecule has 0 aliphatic heterocycles. The molecule has 0 aliphatic rings. The molecular weight excluding hydrogens is 352 g/mol. The first-order valence-electron chi connectivity index (χ1n) is 7.72. The quantitative estimate of drug-likeness (QED) is 0.608. The molecule has 0 spiro atoms. The van der Waals surface area contributed by atoms with Gasteiger partial charge in [0.05, 0.1) is 16.3 Å². The van der Waals surface area contributed by atoms with Gasteiger partial charge in [0.2, 0.25) is 15.9 Å². The van der Waals surface area contributed by atoms with Crippen LogP contribution < -0.4 is 16.4 Å². The normalized spacial score (nSPS) is 11.0. The lowest BCUT2D eigenvalue weighted by Gasteiger charge is -2.20. The van der Waals surface area contributed by atoms with Gasteiger partial charge in [0.25, 0.3) is 0 Å². The maximum atomic E-state index is 12.6. The Hall–Kier alpha value is -1.35. The summed E-state index contributed by atoms with van der Waals surface area (Å²) in [6.45, 7) is 4.80. The van der Waals surface area contributed by atoms with Crippen molar-refractivity contribution in [3.63, 3.8) is 0 Å². The van der Waals surface area contributed by atoms with Crippen LogP contribution >= 0.6 is 12.4 Å². The molecule has 0 unspecified atom stereocenters. The standard InChI is InChI=1S/C15H26N4O3S.ClH/c1-4-19(5-2)23(21,22)12-8-9-13(17-3)14(11-12)18-15(20)7-6-10-16;/h8-9,11,17H,4-7,10,16H2,1-3H3,(H,18,20);1H. The predicted octanol–water partition coefficient (Wildman–Crippen LogP) is 1.86. The Morgan fingerprint density at radius 3 is 2.33 bits per heavy atom. The summed E-state index contributed by atoms with van der Waals surface area (Å²) in [5.74, 6) is -0.190. The zero-order valence-electron chi connectivity index (χ0n) is 14.3. The summed E-state index contributed by atoms with van der Waals surface area (Å²) in [6, 6.07) is 4.67. The molecule has 24 heavy (non-hydrogen) atoms. The number of carbonyl (C=O) groups is 1. The summed E-state index contributed by atoms with van der Waals surface area (Å²) in [6.07, 6.45) is 0.880. The van der Waals surface area contributed by atoms with Gasteiger partial charge in [-0.25, -0.2) is 8.42 Å². The van der Waals surface area contributed by atoms with Gasteiger partial charge in [-0.1, -0.05) is 13.8 Å². The number of anilines is 2. The number of sulfonamides is 1. The third kappa shape index (κ3) is 5.62. The topological polar surface area (TPSA) is 105 Å². The van der Waals surface area contributed by atoms with Crippen molar-refractivity contribution < 1.29 is 13.2 Å². The lowest BCUT2D eigenvalue weighted by molar-refractivity contribution is -0.116. The van der Waals surface area contributed by atoms with Crippen molar-refractivity contribution in [2.24, 2.45) is 5.73 Å². The van der Waals surface area contributed by atoms with Crippen LogP contribution in [0.4, 0.5) is 11.4 Å². The average molecular weight is 379 g/mol. The van der Waals surface area contributed by atoms with Crippen molar-refractivity contribution in [1.82, 2.24) is 4.31 Å². The molecule has 1 rings (SSSR count). The van der Waals surface area contributed by atoms with E-state index in [0.29, 0.717) is 43.9 Å². The second-order valence-corrected chi connectivity index (χ2v) is 6.93. The molecular formula is C15H27ClN4O3S. The fourth-order valence-electron chi connectivity index (χ4n) is 2.19. The predicted molar refractivity (Wildman–Crippen MR) is 100 cm³/mol. The van der Waals surface area contributed by atoms with Crippen LogP contribution in [0, 0.1) is 0 Å². The number of hydrogen-bond donors (Lipinski definition) is 3. The van der Waals surface area contributed by atoms with E-state index < -0.39 is 10.0 Å². The number of nitrogens with one attached hydrogen (secondary N) is 2. The second-order valence-electron chi connectivity index (χ2n) is 4.99. The van der Waals surface area contributed by atoms with Gasteiger partial charge in [0.15, 0.2) is 0 Å². The van der Waals surface area contributed by atoms with Gasteiger partial charge in [0.1, 0.15) is 0 Å². The molecule has 0 saturated heterocycles. The van der Waals surface area contributed by atoms with E-state index in [0.717, 1.165) is 0 Å². The largest absolute Gasteiger partial charge is 0.386 e. The summed E-state index contributed by atoms with van der Waals surface area (Å²) in [5.41, 5.74) is 6.50. The Morgan fingerprint density at radius 2 is 1.83 bits per heavy atom. The van der Waals surface area contributed by atoms with Gasteiger partial charge >= 0.3 is 0 Å². The summed E-state index contributed by atoms with van der Waals surface area (Å²) >= 11 is 0. The van der Waals surface area contributed by atoms with Gasteiger partial charge in [0, 0.05) is 26.6 Å². The molecule has 4 N–H and O–H groups in total. The number of rotatable bonds is 9. The summed E-state index contributed by atoms with van der Waals surface area (Å²) in [7, 11) is -1.86. The average Bonchev–Trinajstić information content (AvgIpc) is 2.53. The molecule has 0 saturated carbocycles. The van der Waals surface area contributed by atoms with E-state index in [4.69, 9.17) is 5.73 Å². The maximum Gasteiger partial charge on any atom is 0.243 e. The van der Waals surface area contributed by atoms with Crippen molar-refractivity contribution in [3.05, 3.63) is 18.2 Å². The smallest absolute Gasteiger partial charge is 0.243 e. The minimum Gasteiger partial charge on any atom is -0.386 e. The fourth-order valence-corrected chi connectivity index (χ4v) is 3.68. The molecule has 0 aliphatic carbocycles. The molecule has 0 aromatic heterocycles. The van der Waals surface area contributed by atoms with Crippen molar-refractivity contribution in [2.45, 2.75) is 31.6 Å². The lowest BCUT2D eigenvalue weighted by atomic mass is 10.2. The Labute approximate surface area is 150 Å². The number of carbonyl (C=O) groups excluding carboxylic acids is 1. The van der Waals surface area contributed by atoms with Gasteiger partial charge in [-0.3, -0.25) is 4.79 Å². The van der Waals surface area contributed by atoms with Crippen LogP contribution in [0.1, 0.15) is 26.7 Å². The number of benzene rings is 1. The minimum atomic E-state index is -3.57. The van der Waals surface area contributed by atoms with Crippen molar-refractivity contribution in [1.29, 1.82) is 0 Å². The van der Waals surface area contributed by atoms with E-state index >= 15 is 0 Å². The van der Waals surface area contributed by atoms with Crippen LogP contribution in [0.15, 0.2) is 23.1 Å². The highest BCUT2D eigenvalue weighted by atomic mass is 35.5. The lowest BCUT2D eigenvalue weighted by Crippen LogP contribution is -2.30. The van der Waals surface area contributed by atoms with Crippen LogP contribution in [-0.4, -0.2) is 45.3 Å². The van der Waals surface area contributed by atoms with Gasteiger partial charge in [-0.15, -0.1) is 12.4 Å². The zero-order chi connectivity index (χ0) is 17.5. The molecule has 7 nitrogen and oxygen atoms in total. The zero-order valence-corrected chi connectivity index (χ0v) is 16.0. The first-order valence-corrected chi connectivity index (χ1v) is 9.16. The summed E-state index contributed by atoms with van der Waals surface area (Å²) in [4.78, 5) is 12.1. The Balaban J connectivity index is 0.00000529. The first kappa shape index (κ1) is 22.6. The van der Waals surface area contributed by atoms with Crippen molar-refractivity contribution in [2.75, 3.05) is 37.3 Å². The molecule has 0 bridgehead atoms. The van der Waals surface area contributed by atoms with Crippen LogP contribution in [0.3, 0.4) is 0 Å². The highest BCUT2D eigenvalue weighted by Crippen LogP contribution is 2.27. The highest BCUT2D eigenvalue weighted by Gasteiger charge is 2.22. The molecule has 0 heterocycles. The summed E-state index contributed by atoms with van der Waals surface area (Å²) in [5, 5.41) is 5.69. The number of hydrogen-bond acceptors (Lipinski definition) is 5. The Kier molecular flexibility index (Phi) is 9.91. The van der Waals surface area contributed by atoms with E-state index in [9.17, 15) is 13.2 Å².